The van der Waals surface area contributed by atoms with E-state index in [0.29, 0.717) is 0 Å². The van der Waals surface area contributed by atoms with E-state index >= 15 is 0 Å². The van der Waals surface area contributed by atoms with E-state index in [1.54, 1.807) is 18.7 Å². The van der Waals surface area contributed by atoms with Crippen molar-refractivity contribution in [2.75, 3.05) is 0 Å². The first kappa shape index (κ1) is 9.88. The van der Waals surface area contributed by atoms with Crippen molar-refractivity contribution in [3.05, 3.63) is 36.4 Å². The summed E-state index contributed by atoms with van der Waals surface area (Å²) in [6.45, 7) is 0. The fraction of sp³-hybridized carbons (Fsp3) is 0.333. The molecule has 0 aliphatic heterocycles. The molecule has 0 radical (unpaired) electrons. The molecule has 1 atom stereocenters. The molecule has 0 saturated carbocycles. The summed E-state index contributed by atoms with van der Waals surface area (Å²) in [7, 11) is 3.86. The van der Waals surface area contributed by atoms with Crippen molar-refractivity contribution in [3.8, 4) is 0 Å². The summed E-state index contributed by atoms with van der Waals surface area (Å²) < 4.78 is 3.84. The van der Waals surface area contributed by atoms with Crippen molar-refractivity contribution in [1.29, 1.82) is 0 Å². The average Bonchev–Trinajstić information content (AvgIpc) is 2.80. The van der Waals surface area contributed by atoms with Crippen molar-refractivity contribution < 1.29 is 0 Å². The minimum absolute atomic E-state index is 0.141. The van der Waals surface area contributed by atoms with Gasteiger partial charge in [-0.3, -0.25) is 5.84 Å². The maximum absolute atomic E-state index is 5.55. The maximum Gasteiger partial charge on any atom is 0.133 e. The lowest BCUT2D eigenvalue weighted by atomic mass is 10.2. The van der Waals surface area contributed by atoms with E-state index in [-0.39, 0.29) is 6.04 Å². The van der Waals surface area contributed by atoms with Gasteiger partial charge in [-0.1, -0.05) is 0 Å². The SMILES string of the molecule is Cn1cncc1C(NN)c1nccn1C. The third-order valence-corrected chi connectivity index (χ3v) is 2.43. The van der Waals surface area contributed by atoms with Gasteiger partial charge in [-0.2, -0.15) is 0 Å². The molecule has 0 bridgehead atoms. The number of imidazole rings is 2. The number of nitrogens with two attached hydrogens (primary N) is 1. The summed E-state index contributed by atoms with van der Waals surface area (Å²) in [6.07, 6.45) is 7.15. The lowest BCUT2D eigenvalue weighted by Gasteiger charge is -2.15. The summed E-state index contributed by atoms with van der Waals surface area (Å²) >= 11 is 0. The molecule has 0 aromatic carbocycles. The predicted molar refractivity (Wildman–Crippen MR) is 55.6 cm³/mol. The number of rotatable bonds is 3. The van der Waals surface area contributed by atoms with Crippen LogP contribution in [0, 0.1) is 0 Å². The number of aromatic nitrogens is 4. The Kier molecular flexibility index (Phi) is 2.53. The van der Waals surface area contributed by atoms with E-state index in [2.05, 4.69) is 15.4 Å². The van der Waals surface area contributed by atoms with Gasteiger partial charge in [0.05, 0.1) is 18.2 Å². The van der Waals surface area contributed by atoms with Crippen molar-refractivity contribution in [2.24, 2.45) is 19.9 Å². The molecule has 0 saturated heterocycles. The van der Waals surface area contributed by atoms with Crippen LogP contribution in [0.4, 0.5) is 0 Å². The van der Waals surface area contributed by atoms with Gasteiger partial charge in [0.25, 0.3) is 0 Å². The molecule has 15 heavy (non-hydrogen) atoms. The molecule has 2 aromatic heterocycles. The number of nitrogens with one attached hydrogen (secondary N) is 1. The molecule has 0 spiro atoms. The average molecular weight is 206 g/mol. The zero-order valence-corrected chi connectivity index (χ0v) is 8.75. The highest BCUT2D eigenvalue weighted by Crippen LogP contribution is 2.17. The molecular weight excluding hydrogens is 192 g/mol. The summed E-state index contributed by atoms with van der Waals surface area (Å²) in [5.41, 5.74) is 3.72. The molecule has 6 nitrogen and oxygen atoms in total. The topological polar surface area (TPSA) is 73.7 Å². The van der Waals surface area contributed by atoms with Crippen LogP contribution in [0.5, 0.6) is 0 Å². The summed E-state index contributed by atoms with van der Waals surface area (Å²) in [6, 6.07) is -0.141. The smallest absolute Gasteiger partial charge is 0.133 e. The van der Waals surface area contributed by atoms with E-state index in [1.807, 2.05) is 29.4 Å². The Balaban J connectivity index is 2.41. The number of hydrogen-bond donors (Lipinski definition) is 2. The summed E-state index contributed by atoms with van der Waals surface area (Å²) in [4.78, 5) is 8.32. The third-order valence-electron chi connectivity index (χ3n) is 2.43. The second-order valence-corrected chi connectivity index (χ2v) is 3.43. The van der Waals surface area contributed by atoms with Crippen LogP contribution in [-0.4, -0.2) is 19.1 Å². The number of hydrogen-bond acceptors (Lipinski definition) is 4. The van der Waals surface area contributed by atoms with E-state index in [9.17, 15) is 0 Å². The molecule has 0 fully saturated rings. The Hall–Kier alpha value is -1.66. The van der Waals surface area contributed by atoms with E-state index in [1.165, 1.54) is 0 Å². The van der Waals surface area contributed by atoms with Crippen molar-refractivity contribution in [1.82, 2.24) is 24.5 Å². The van der Waals surface area contributed by atoms with Gasteiger partial charge in [-0.05, 0) is 0 Å². The van der Waals surface area contributed by atoms with E-state index in [0.717, 1.165) is 11.5 Å². The monoisotopic (exact) mass is 206 g/mol. The third kappa shape index (κ3) is 1.64. The van der Waals surface area contributed by atoms with Crippen molar-refractivity contribution >= 4 is 0 Å². The Morgan fingerprint density at radius 3 is 2.67 bits per heavy atom. The molecular formula is C9H14N6. The van der Waals surface area contributed by atoms with Gasteiger partial charge in [-0.25, -0.2) is 15.4 Å². The molecule has 0 amide bonds. The minimum atomic E-state index is -0.141. The normalized spacial score (nSPS) is 13.0. The molecule has 0 aliphatic rings. The first-order valence-electron chi connectivity index (χ1n) is 4.63. The van der Waals surface area contributed by atoms with Gasteiger partial charge >= 0.3 is 0 Å². The fourth-order valence-corrected chi connectivity index (χ4v) is 1.59. The van der Waals surface area contributed by atoms with Gasteiger partial charge < -0.3 is 9.13 Å². The minimum Gasteiger partial charge on any atom is -0.336 e. The number of aryl methyl sites for hydroxylation is 2. The van der Waals surface area contributed by atoms with Gasteiger partial charge in [0.15, 0.2) is 0 Å². The highest BCUT2D eigenvalue weighted by atomic mass is 15.3. The molecule has 2 rings (SSSR count). The van der Waals surface area contributed by atoms with Gasteiger partial charge in [-0.15, -0.1) is 0 Å². The standard InChI is InChI=1S/C9H14N6/c1-14-4-3-12-9(14)8(13-10)7-5-11-6-15(7)2/h3-6,8,13H,10H2,1-2H3. The maximum atomic E-state index is 5.55. The van der Waals surface area contributed by atoms with Gasteiger partial charge in [0.2, 0.25) is 0 Å². The van der Waals surface area contributed by atoms with Crippen LogP contribution < -0.4 is 11.3 Å². The van der Waals surface area contributed by atoms with Crippen molar-refractivity contribution in [2.45, 2.75) is 6.04 Å². The fourth-order valence-electron chi connectivity index (χ4n) is 1.59. The molecule has 6 heteroatoms. The van der Waals surface area contributed by atoms with Crippen LogP contribution in [0.15, 0.2) is 24.9 Å². The first-order valence-corrected chi connectivity index (χ1v) is 4.63. The van der Waals surface area contributed by atoms with E-state index < -0.39 is 0 Å². The van der Waals surface area contributed by atoms with E-state index in [4.69, 9.17) is 5.84 Å². The zero-order chi connectivity index (χ0) is 10.8. The molecule has 2 aromatic rings. The number of nitrogens with zero attached hydrogens (tertiary/aromatic N) is 4. The predicted octanol–water partition coefficient (Wildman–Crippen LogP) is -0.294. The van der Waals surface area contributed by atoms with Gasteiger partial charge in [0, 0.05) is 26.5 Å². The number of hydrazine groups is 1. The molecule has 80 valence electrons. The van der Waals surface area contributed by atoms with Crippen LogP contribution >= 0.6 is 0 Å². The van der Waals surface area contributed by atoms with Crippen LogP contribution in [0.25, 0.3) is 0 Å². The highest BCUT2D eigenvalue weighted by molar-refractivity contribution is 5.16. The largest absolute Gasteiger partial charge is 0.336 e. The second kappa shape index (κ2) is 3.84. The first-order chi connectivity index (χ1) is 7.24. The van der Waals surface area contributed by atoms with Crippen LogP contribution in [0.3, 0.4) is 0 Å². The highest BCUT2D eigenvalue weighted by Gasteiger charge is 2.19. The van der Waals surface area contributed by atoms with Crippen LogP contribution in [0.2, 0.25) is 0 Å². The Bertz CT molecular complexity index is 403. The van der Waals surface area contributed by atoms with Crippen LogP contribution in [0.1, 0.15) is 17.6 Å². The van der Waals surface area contributed by atoms with Gasteiger partial charge in [0.1, 0.15) is 11.9 Å². The molecule has 1 unspecified atom stereocenters. The summed E-state index contributed by atoms with van der Waals surface area (Å²) in [5.74, 6) is 6.41. The lowest BCUT2D eigenvalue weighted by molar-refractivity contribution is 0.550. The Morgan fingerprint density at radius 2 is 2.20 bits per heavy atom. The second-order valence-electron chi connectivity index (χ2n) is 3.43. The lowest BCUT2D eigenvalue weighted by Crippen LogP contribution is -2.32. The summed E-state index contributed by atoms with van der Waals surface area (Å²) in [5, 5.41) is 0. The van der Waals surface area contributed by atoms with Crippen LogP contribution in [-0.2, 0) is 14.1 Å². The Morgan fingerprint density at radius 1 is 1.40 bits per heavy atom. The van der Waals surface area contributed by atoms with Crippen molar-refractivity contribution in [3.63, 3.8) is 0 Å². The molecule has 3 N–H and O–H groups in total. The molecule has 0 aliphatic carbocycles. The quantitative estimate of drug-likeness (QED) is 0.534. The molecule has 2 heterocycles. The Labute approximate surface area is 87.7 Å². The zero-order valence-electron chi connectivity index (χ0n) is 8.75.